The lowest BCUT2D eigenvalue weighted by Crippen LogP contribution is -2.15. The summed E-state index contributed by atoms with van der Waals surface area (Å²) >= 11 is 0. The van der Waals surface area contributed by atoms with Gasteiger partial charge < -0.3 is 4.90 Å². The SMILES string of the molecule is Cc1ccc(N(c2ccc3cc4c(cc3c2)C(C)(C)c2c-4c3ccccc3c3ccccc23)c2cc(C)ccc2C)cc1. The Kier molecular flexibility index (Phi) is 5.59. The lowest BCUT2D eigenvalue weighted by molar-refractivity contribution is 0.667. The summed E-state index contributed by atoms with van der Waals surface area (Å²) < 4.78 is 0. The van der Waals surface area contributed by atoms with Crippen molar-refractivity contribution in [1.29, 1.82) is 0 Å². The Balaban J connectivity index is 1.38. The standard InChI is InChI=1S/C42H35N/c1-26-15-19-31(20-16-26)43(39-22-27(2)14-17-28(39)3)32-21-18-29-24-37-38(25-30(29)23-32)42(4,5)41-36-13-9-7-11-34(36)33-10-6-8-12-35(33)40(37)41/h6-25H,1-5H3. The van der Waals surface area contributed by atoms with E-state index in [1.165, 1.54) is 88.3 Å². The fourth-order valence-corrected chi connectivity index (χ4v) is 7.43. The number of hydrogen-bond acceptors (Lipinski definition) is 1. The van der Waals surface area contributed by atoms with Crippen molar-refractivity contribution in [2.75, 3.05) is 4.90 Å². The van der Waals surface area contributed by atoms with Crippen molar-refractivity contribution in [2.24, 2.45) is 0 Å². The molecular formula is C42H35N. The van der Waals surface area contributed by atoms with Gasteiger partial charge in [-0.25, -0.2) is 0 Å². The first kappa shape index (κ1) is 25.8. The fourth-order valence-electron chi connectivity index (χ4n) is 7.43. The molecule has 0 saturated heterocycles. The van der Waals surface area contributed by atoms with Crippen LogP contribution in [-0.4, -0.2) is 0 Å². The van der Waals surface area contributed by atoms with Crippen LogP contribution in [0.3, 0.4) is 0 Å². The predicted octanol–water partition coefficient (Wildman–Crippen LogP) is 11.8. The van der Waals surface area contributed by atoms with Crippen LogP contribution in [0.5, 0.6) is 0 Å². The molecule has 0 saturated carbocycles. The van der Waals surface area contributed by atoms with E-state index in [4.69, 9.17) is 0 Å². The number of nitrogens with zero attached hydrogens (tertiary/aromatic N) is 1. The molecule has 0 aliphatic heterocycles. The molecule has 1 aliphatic carbocycles. The fraction of sp³-hybridized carbons (Fsp3) is 0.143. The highest BCUT2D eigenvalue weighted by atomic mass is 15.1. The van der Waals surface area contributed by atoms with Gasteiger partial charge in [-0.05, 0) is 129 Å². The lowest BCUT2D eigenvalue weighted by Gasteiger charge is -2.28. The summed E-state index contributed by atoms with van der Waals surface area (Å²) in [5.41, 5.74) is 12.8. The summed E-state index contributed by atoms with van der Waals surface area (Å²) in [4.78, 5) is 2.41. The van der Waals surface area contributed by atoms with E-state index in [0.717, 1.165) is 0 Å². The van der Waals surface area contributed by atoms with Crippen LogP contribution in [-0.2, 0) is 5.41 Å². The molecule has 1 heteroatoms. The lowest BCUT2D eigenvalue weighted by atomic mass is 9.79. The summed E-state index contributed by atoms with van der Waals surface area (Å²) in [6, 6.07) is 45.4. The third-order valence-electron chi connectivity index (χ3n) is 9.62. The molecule has 7 aromatic carbocycles. The van der Waals surface area contributed by atoms with E-state index in [2.05, 4.69) is 161 Å². The van der Waals surface area contributed by atoms with Gasteiger partial charge in [0.25, 0.3) is 0 Å². The van der Waals surface area contributed by atoms with Crippen LogP contribution in [0.1, 0.15) is 41.7 Å². The molecule has 0 heterocycles. The van der Waals surface area contributed by atoms with E-state index in [1.807, 2.05) is 0 Å². The Morgan fingerprint density at radius 1 is 0.512 bits per heavy atom. The topological polar surface area (TPSA) is 3.24 Å². The first-order chi connectivity index (χ1) is 20.8. The molecule has 43 heavy (non-hydrogen) atoms. The number of fused-ring (bicyclic) bond motifs is 9. The largest absolute Gasteiger partial charge is 0.310 e. The third-order valence-corrected chi connectivity index (χ3v) is 9.62. The van der Waals surface area contributed by atoms with E-state index < -0.39 is 0 Å². The van der Waals surface area contributed by atoms with Gasteiger partial charge in [0.05, 0.1) is 0 Å². The van der Waals surface area contributed by atoms with Crippen LogP contribution in [0.2, 0.25) is 0 Å². The van der Waals surface area contributed by atoms with Gasteiger partial charge in [0.15, 0.2) is 0 Å². The molecule has 0 aromatic heterocycles. The molecule has 0 unspecified atom stereocenters. The van der Waals surface area contributed by atoms with Crippen molar-refractivity contribution in [2.45, 2.75) is 40.0 Å². The number of hydrogen-bond donors (Lipinski definition) is 0. The predicted molar refractivity (Wildman–Crippen MR) is 185 cm³/mol. The zero-order valence-corrected chi connectivity index (χ0v) is 25.5. The normalized spacial score (nSPS) is 13.4. The number of anilines is 3. The monoisotopic (exact) mass is 553 g/mol. The number of benzene rings is 7. The van der Waals surface area contributed by atoms with Crippen LogP contribution < -0.4 is 4.90 Å². The molecule has 0 amide bonds. The molecule has 1 nitrogen and oxygen atoms in total. The van der Waals surface area contributed by atoms with Gasteiger partial charge >= 0.3 is 0 Å². The molecule has 1 aliphatic rings. The van der Waals surface area contributed by atoms with Crippen molar-refractivity contribution in [3.63, 3.8) is 0 Å². The summed E-state index contributed by atoms with van der Waals surface area (Å²) in [5, 5.41) is 7.92. The molecule has 7 aromatic rings. The van der Waals surface area contributed by atoms with Crippen molar-refractivity contribution >= 4 is 49.4 Å². The van der Waals surface area contributed by atoms with Crippen molar-refractivity contribution < 1.29 is 0 Å². The van der Waals surface area contributed by atoms with Crippen LogP contribution in [0.25, 0.3) is 43.4 Å². The Bertz CT molecular complexity index is 2230. The van der Waals surface area contributed by atoms with Crippen molar-refractivity contribution in [3.8, 4) is 11.1 Å². The first-order valence-electron chi connectivity index (χ1n) is 15.3. The van der Waals surface area contributed by atoms with E-state index in [9.17, 15) is 0 Å². The number of aryl methyl sites for hydroxylation is 3. The molecule has 8 rings (SSSR count). The minimum Gasteiger partial charge on any atom is -0.310 e. The minimum absolute atomic E-state index is 0.123. The second-order valence-corrected chi connectivity index (χ2v) is 12.9. The van der Waals surface area contributed by atoms with Gasteiger partial charge in [-0.1, -0.05) is 98.3 Å². The Morgan fingerprint density at radius 2 is 1.14 bits per heavy atom. The van der Waals surface area contributed by atoms with Gasteiger partial charge in [0.1, 0.15) is 0 Å². The van der Waals surface area contributed by atoms with Crippen LogP contribution in [0.15, 0.2) is 121 Å². The molecule has 0 fully saturated rings. The maximum Gasteiger partial charge on any atom is 0.0493 e. The summed E-state index contributed by atoms with van der Waals surface area (Å²) in [6.07, 6.45) is 0. The van der Waals surface area contributed by atoms with E-state index >= 15 is 0 Å². The third kappa shape index (κ3) is 3.85. The van der Waals surface area contributed by atoms with Crippen molar-refractivity contribution in [1.82, 2.24) is 0 Å². The van der Waals surface area contributed by atoms with Gasteiger partial charge in [0, 0.05) is 22.5 Å². The maximum absolute atomic E-state index is 2.47. The average molecular weight is 554 g/mol. The molecule has 208 valence electrons. The highest BCUT2D eigenvalue weighted by molar-refractivity contribution is 6.19. The van der Waals surface area contributed by atoms with E-state index in [-0.39, 0.29) is 5.41 Å². The highest BCUT2D eigenvalue weighted by Gasteiger charge is 2.38. The summed E-state index contributed by atoms with van der Waals surface area (Å²) in [6.45, 7) is 11.3. The molecule has 0 spiro atoms. The van der Waals surface area contributed by atoms with E-state index in [1.54, 1.807) is 0 Å². The zero-order chi connectivity index (χ0) is 29.5. The molecular weight excluding hydrogens is 518 g/mol. The second kappa shape index (κ2) is 9.31. The Hall–Kier alpha value is -4.88. The summed E-state index contributed by atoms with van der Waals surface area (Å²) in [5.74, 6) is 0. The Morgan fingerprint density at radius 3 is 1.88 bits per heavy atom. The highest BCUT2D eigenvalue weighted by Crippen LogP contribution is 2.55. The van der Waals surface area contributed by atoms with Gasteiger partial charge in [-0.15, -0.1) is 0 Å². The minimum atomic E-state index is -0.123. The van der Waals surface area contributed by atoms with E-state index in [0.29, 0.717) is 0 Å². The first-order valence-corrected chi connectivity index (χ1v) is 15.3. The van der Waals surface area contributed by atoms with Crippen LogP contribution in [0.4, 0.5) is 17.1 Å². The van der Waals surface area contributed by atoms with Crippen LogP contribution >= 0.6 is 0 Å². The quantitative estimate of drug-likeness (QED) is 0.197. The van der Waals surface area contributed by atoms with Crippen molar-refractivity contribution in [3.05, 3.63) is 149 Å². The number of rotatable bonds is 3. The molecule has 0 atom stereocenters. The maximum atomic E-state index is 2.47. The second-order valence-electron chi connectivity index (χ2n) is 12.9. The molecule has 0 bridgehead atoms. The zero-order valence-electron chi connectivity index (χ0n) is 25.5. The average Bonchev–Trinajstić information content (AvgIpc) is 3.25. The molecule has 0 radical (unpaired) electrons. The summed E-state index contributed by atoms with van der Waals surface area (Å²) in [7, 11) is 0. The van der Waals surface area contributed by atoms with Gasteiger partial charge in [-0.3, -0.25) is 0 Å². The smallest absolute Gasteiger partial charge is 0.0493 e. The molecule has 0 N–H and O–H groups in total. The van der Waals surface area contributed by atoms with Crippen LogP contribution in [0, 0.1) is 20.8 Å². The van der Waals surface area contributed by atoms with Gasteiger partial charge in [0.2, 0.25) is 0 Å². The van der Waals surface area contributed by atoms with Gasteiger partial charge in [-0.2, -0.15) is 0 Å². The Labute approximate surface area is 254 Å².